The number of nitrogens with two attached hydrogens (primary N) is 1. The molecule has 0 aliphatic carbocycles. The lowest BCUT2D eigenvalue weighted by Gasteiger charge is -2.07. The molecule has 0 bridgehead atoms. The number of anilines is 1. The molecule has 0 unspecified atom stereocenters. The van der Waals surface area contributed by atoms with Gasteiger partial charge in [-0.15, -0.1) is 0 Å². The number of carbonyl (C=O) groups excluding carboxylic acids is 1. The Balaban J connectivity index is 2.47. The van der Waals surface area contributed by atoms with Gasteiger partial charge in [-0.3, -0.25) is 4.79 Å². The first-order valence-electron chi connectivity index (χ1n) is 5.33. The molecule has 0 saturated carbocycles. The second-order valence-electron chi connectivity index (χ2n) is 3.70. The number of aromatic nitrogens is 2. The fourth-order valence-corrected chi connectivity index (χ4v) is 2.00. The number of benzene rings is 1. The van der Waals surface area contributed by atoms with Crippen molar-refractivity contribution in [1.29, 1.82) is 0 Å². The maximum Gasteiger partial charge on any atom is 0.256 e. The van der Waals surface area contributed by atoms with Gasteiger partial charge in [-0.05, 0) is 18.2 Å². The van der Waals surface area contributed by atoms with Crippen molar-refractivity contribution in [3.05, 3.63) is 40.0 Å². The molecular weight excluding hydrogens is 287 g/mol. The first-order chi connectivity index (χ1) is 9.02. The van der Waals surface area contributed by atoms with E-state index in [4.69, 9.17) is 28.9 Å². The topological polar surface area (TPSA) is 80.9 Å². The molecule has 0 fully saturated rings. The van der Waals surface area contributed by atoms with Gasteiger partial charge in [-0.1, -0.05) is 23.2 Å². The van der Waals surface area contributed by atoms with Crippen LogP contribution in [0.1, 0.15) is 10.4 Å². The zero-order chi connectivity index (χ0) is 14.0. The van der Waals surface area contributed by atoms with E-state index in [0.717, 1.165) is 0 Å². The number of nitrogens with zero attached hydrogens (tertiary/aromatic N) is 2. The maximum atomic E-state index is 11.5. The summed E-state index contributed by atoms with van der Waals surface area (Å²) in [6.07, 6.45) is 1.36. The SMILES string of the molecule is CNC(=O)c1cnc(-c2ccc(Cl)cc2Cl)nc1N. The van der Waals surface area contributed by atoms with E-state index >= 15 is 0 Å². The summed E-state index contributed by atoms with van der Waals surface area (Å²) in [5, 5.41) is 3.39. The highest BCUT2D eigenvalue weighted by Crippen LogP contribution is 2.28. The Kier molecular flexibility index (Phi) is 3.87. The van der Waals surface area contributed by atoms with Crippen molar-refractivity contribution in [2.24, 2.45) is 0 Å². The van der Waals surface area contributed by atoms with Crippen LogP contribution in [-0.2, 0) is 0 Å². The highest BCUT2D eigenvalue weighted by molar-refractivity contribution is 6.36. The Bertz CT molecular complexity index is 646. The second-order valence-corrected chi connectivity index (χ2v) is 4.54. The van der Waals surface area contributed by atoms with Crippen molar-refractivity contribution in [3.8, 4) is 11.4 Å². The maximum absolute atomic E-state index is 11.5. The van der Waals surface area contributed by atoms with Crippen molar-refractivity contribution in [2.45, 2.75) is 0 Å². The van der Waals surface area contributed by atoms with Crippen molar-refractivity contribution in [2.75, 3.05) is 12.8 Å². The molecule has 2 aromatic rings. The number of rotatable bonds is 2. The van der Waals surface area contributed by atoms with Crippen LogP contribution in [0.2, 0.25) is 10.0 Å². The monoisotopic (exact) mass is 296 g/mol. The zero-order valence-electron chi connectivity index (χ0n) is 9.95. The third kappa shape index (κ3) is 2.77. The van der Waals surface area contributed by atoms with Crippen LogP contribution in [0, 0.1) is 0 Å². The van der Waals surface area contributed by atoms with Crippen molar-refractivity contribution < 1.29 is 4.79 Å². The van der Waals surface area contributed by atoms with Gasteiger partial charge in [-0.25, -0.2) is 9.97 Å². The van der Waals surface area contributed by atoms with Gasteiger partial charge in [0.25, 0.3) is 5.91 Å². The predicted molar refractivity (Wildman–Crippen MR) is 75.3 cm³/mol. The summed E-state index contributed by atoms with van der Waals surface area (Å²) in [5.41, 5.74) is 6.55. The van der Waals surface area contributed by atoms with E-state index in [2.05, 4.69) is 15.3 Å². The standard InChI is InChI=1S/C12H10Cl2N4O/c1-16-12(19)8-5-17-11(18-10(8)15)7-3-2-6(13)4-9(7)14/h2-5H,1H3,(H,16,19)(H2,15,17,18). The number of halogens is 2. The lowest BCUT2D eigenvalue weighted by atomic mass is 10.2. The van der Waals surface area contributed by atoms with Crippen LogP contribution in [-0.4, -0.2) is 22.9 Å². The molecule has 2 rings (SSSR count). The lowest BCUT2D eigenvalue weighted by Crippen LogP contribution is -2.20. The van der Waals surface area contributed by atoms with Crippen LogP contribution in [0.4, 0.5) is 5.82 Å². The quantitative estimate of drug-likeness (QED) is 0.891. The van der Waals surface area contributed by atoms with Crippen LogP contribution in [0.5, 0.6) is 0 Å². The highest BCUT2D eigenvalue weighted by atomic mass is 35.5. The van der Waals surface area contributed by atoms with E-state index in [9.17, 15) is 4.79 Å². The number of hydrogen-bond acceptors (Lipinski definition) is 4. The number of nitrogen functional groups attached to an aromatic ring is 1. The number of nitrogens with one attached hydrogen (secondary N) is 1. The first kappa shape index (κ1) is 13.6. The van der Waals surface area contributed by atoms with Gasteiger partial charge in [0.2, 0.25) is 0 Å². The number of amides is 1. The molecule has 0 aliphatic rings. The van der Waals surface area contributed by atoms with E-state index in [-0.39, 0.29) is 17.3 Å². The van der Waals surface area contributed by atoms with E-state index in [1.807, 2.05) is 0 Å². The van der Waals surface area contributed by atoms with E-state index < -0.39 is 0 Å². The number of hydrogen-bond donors (Lipinski definition) is 2. The molecular formula is C12H10Cl2N4O. The summed E-state index contributed by atoms with van der Waals surface area (Å²) in [6, 6.07) is 4.96. The molecule has 1 heterocycles. The van der Waals surface area contributed by atoms with E-state index in [1.54, 1.807) is 18.2 Å². The van der Waals surface area contributed by atoms with Crippen LogP contribution in [0.3, 0.4) is 0 Å². The third-order valence-electron chi connectivity index (χ3n) is 2.46. The van der Waals surface area contributed by atoms with Crippen molar-refractivity contribution >= 4 is 34.9 Å². The lowest BCUT2D eigenvalue weighted by molar-refractivity contribution is 0.0963. The molecule has 0 aliphatic heterocycles. The summed E-state index contributed by atoms with van der Waals surface area (Å²) < 4.78 is 0. The molecule has 19 heavy (non-hydrogen) atoms. The zero-order valence-corrected chi connectivity index (χ0v) is 11.5. The summed E-state index contributed by atoms with van der Waals surface area (Å²) in [5.74, 6) is 0.0911. The molecule has 0 spiro atoms. The van der Waals surface area contributed by atoms with Crippen molar-refractivity contribution in [3.63, 3.8) is 0 Å². The van der Waals surface area contributed by atoms with E-state index in [0.29, 0.717) is 21.4 Å². The molecule has 98 valence electrons. The molecule has 1 aromatic heterocycles. The smallest absolute Gasteiger partial charge is 0.256 e. The minimum atomic E-state index is -0.341. The summed E-state index contributed by atoms with van der Waals surface area (Å²) in [7, 11) is 1.51. The largest absolute Gasteiger partial charge is 0.383 e. The van der Waals surface area contributed by atoms with Gasteiger partial charge < -0.3 is 11.1 Å². The van der Waals surface area contributed by atoms with Crippen LogP contribution in [0.15, 0.2) is 24.4 Å². The highest BCUT2D eigenvalue weighted by Gasteiger charge is 2.13. The molecule has 5 nitrogen and oxygen atoms in total. The van der Waals surface area contributed by atoms with Crippen LogP contribution in [0.25, 0.3) is 11.4 Å². The normalized spacial score (nSPS) is 10.3. The average Bonchev–Trinajstić information content (AvgIpc) is 2.37. The summed E-state index contributed by atoms with van der Waals surface area (Å²) in [4.78, 5) is 19.7. The fourth-order valence-electron chi connectivity index (χ4n) is 1.51. The molecule has 0 radical (unpaired) electrons. The average molecular weight is 297 g/mol. The Morgan fingerprint density at radius 2 is 2.11 bits per heavy atom. The molecule has 1 aromatic carbocycles. The Morgan fingerprint density at radius 1 is 1.37 bits per heavy atom. The predicted octanol–water partition coefficient (Wildman–Crippen LogP) is 2.39. The molecule has 0 saturated heterocycles. The summed E-state index contributed by atoms with van der Waals surface area (Å²) >= 11 is 11.9. The van der Waals surface area contributed by atoms with Crippen molar-refractivity contribution in [1.82, 2.24) is 15.3 Å². The Hall–Kier alpha value is -1.85. The van der Waals surface area contributed by atoms with Gasteiger partial charge in [0.15, 0.2) is 5.82 Å². The van der Waals surface area contributed by atoms with Gasteiger partial charge in [0.05, 0.1) is 10.6 Å². The molecule has 3 N–H and O–H groups in total. The van der Waals surface area contributed by atoms with Crippen LogP contribution >= 0.6 is 23.2 Å². The Labute approximate surface area is 119 Å². The minimum absolute atomic E-state index is 0.0929. The van der Waals surface area contributed by atoms with Crippen LogP contribution < -0.4 is 11.1 Å². The van der Waals surface area contributed by atoms with Gasteiger partial charge >= 0.3 is 0 Å². The number of carbonyl (C=O) groups is 1. The minimum Gasteiger partial charge on any atom is -0.383 e. The third-order valence-corrected chi connectivity index (χ3v) is 3.01. The Morgan fingerprint density at radius 3 is 2.68 bits per heavy atom. The molecule has 0 atom stereocenters. The van der Waals surface area contributed by atoms with Gasteiger partial charge in [-0.2, -0.15) is 0 Å². The second kappa shape index (κ2) is 5.42. The van der Waals surface area contributed by atoms with Gasteiger partial charge in [0.1, 0.15) is 5.82 Å². The molecule has 1 amide bonds. The molecule has 7 heteroatoms. The van der Waals surface area contributed by atoms with Gasteiger partial charge in [0, 0.05) is 23.8 Å². The fraction of sp³-hybridized carbons (Fsp3) is 0.0833. The summed E-state index contributed by atoms with van der Waals surface area (Å²) in [6.45, 7) is 0. The first-order valence-corrected chi connectivity index (χ1v) is 6.08. The van der Waals surface area contributed by atoms with E-state index in [1.165, 1.54) is 13.2 Å².